The molecule has 0 saturated carbocycles. The van der Waals surface area contributed by atoms with Crippen LogP contribution in [0.25, 0.3) is 0 Å². The fourth-order valence-electron chi connectivity index (χ4n) is 4.15. The number of benzene rings is 2. The van der Waals surface area contributed by atoms with Crippen molar-refractivity contribution in [3.8, 4) is 11.5 Å². The number of fused-ring (bicyclic) bond motifs is 1. The zero-order valence-corrected chi connectivity index (χ0v) is 19.0. The second kappa shape index (κ2) is 8.92. The first-order valence-electron chi connectivity index (χ1n) is 10.9. The zero-order chi connectivity index (χ0) is 24.6. The fraction of sp³-hybridized carbons (Fsp3) is 0.375. The Morgan fingerprint density at radius 1 is 1.26 bits per heavy atom. The molecule has 2 aromatic carbocycles. The number of nitrogens with one attached hydrogen (secondary N) is 2. The summed E-state index contributed by atoms with van der Waals surface area (Å²) in [6, 6.07) is 5.85. The van der Waals surface area contributed by atoms with E-state index in [1.807, 2.05) is 26.0 Å². The predicted octanol–water partition coefficient (Wildman–Crippen LogP) is 2.77. The van der Waals surface area contributed by atoms with Crippen molar-refractivity contribution >= 4 is 17.8 Å². The molecule has 0 spiro atoms. The lowest BCUT2D eigenvalue weighted by atomic mass is 9.92. The minimum Gasteiger partial charge on any atom is -0.494 e. The van der Waals surface area contributed by atoms with Crippen molar-refractivity contribution in [1.29, 1.82) is 0 Å². The van der Waals surface area contributed by atoms with Crippen molar-refractivity contribution < 1.29 is 32.6 Å². The third-order valence-electron chi connectivity index (χ3n) is 5.93. The number of halogens is 2. The normalized spacial score (nSPS) is 21.2. The van der Waals surface area contributed by atoms with Gasteiger partial charge >= 0.3 is 6.03 Å². The van der Waals surface area contributed by atoms with Crippen LogP contribution in [0.2, 0.25) is 0 Å². The number of hydrogen-bond acceptors (Lipinski definition) is 5. The van der Waals surface area contributed by atoms with Crippen LogP contribution in [0, 0.1) is 11.6 Å². The van der Waals surface area contributed by atoms with Crippen molar-refractivity contribution in [3.63, 3.8) is 0 Å². The SMILES string of the molecule is CCOc1cc2c(cc1CNC(=O)CN1C(=O)N[C@](C)(c3ccc(F)c(F)c3)C1=O)O[C@@H](C)C2. The molecular weight excluding hydrogens is 448 g/mol. The van der Waals surface area contributed by atoms with Gasteiger partial charge in [-0.05, 0) is 50.6 Å². The Hall–Kier alpha value is -3.69. The minimum absolute atomic E-state index is 0.0536. The van der Waals surface area contributed by atoms with Gasteiger partial charge in [0.1, 0.15) is 29.7 Å². The smallest absolute Gasteiger partial charge is 0.325 e. The molecule has 2 atom stereocenters. The second-order valence-corrected chi connectivity index (χ2v) is 8.49. The van der Waals surface area contributed by atoms with Crippen LogP contribution in [0.5, 0.6) is 11.5 Å². The number of rotatable bonds is 7. The van der Waals surface area contributed by atoms with E-state index in [0.29, 0.717) is 17.9 Å². The van der Waals surface area contributed by atoms with E-state index in [1.165, 1.54) is 13.0 Å². The van der Waals surface area contributed by atoms with Gasteiger partial charge in [0.05, 0.1) is 6.61 Å². The molecule has 1 fully saturated rings. The van der Waals surface area contributed by atoms with E-state index in [2.05, 4.69) is 10.6 Å². The number of imide groups is 1. The molecule has 4 amide bonds. The van der Waals surface area contributed by atoms with Crippen LogP contribution in [-0.4, -0.2) is 42.0 Å². The van der Waals surface area contributed by atoms with Crippen LogP contribution in [0.4, 0.5) is 13.6 Å². The molecule has 0 bridgehead atoms. The van der Waals surface area contributed by atoms with Crippen molar-refractivity contribution in [2.24, 2.45) is 0 Å². The van der Waals surface area contributed by atoms with Gasteiger partial charge < -0.3 is 20.1 Å². The van der Waals surface area contributed by atoms with Crippen LogP contribution in [0.1, 0.15) is 37.5 Å². The van der Waals surface area contributed by atoms with Crippen LogP contribution in [-0.2, 0) is 28.1 Å². The Kier molecular flexibility index (Phi) is 6.16. The summed E-state index contributed by atoms with van der Waals surface area (Å²) in [6.07, 6.45) is 0.822. The summed E-state index contributed by atoms with van der Waals surface area (Å²) in [7, 11) is 0. The molecule has 2 N–H and O–H groups in total. The maximum absolute atomic E-state index is 13.7. The van der Waals surface area contributed by atoms with Gasteiger partial charge in [0, 0.05) is 24.1 Å². The van der Waals surface area contributed by atoms with Gasteiger partial charge in [-0.15, -0.1) is 0 Å². The molecule has 180 valence electrons. The third-order valence-corrected chi connectivity index (χ3v) is 5.93. The van der Waals surface area contributed by atoms with Crippen molar-refractivity contribution in [3.05, 3.63) is 58.7 Å². The van der Waals surface area contributed by atoms with E-state index >= 15 is 0 Å². The average molecular weight is 473 g/mol. The Bertz CT molecular complexity index is 1170. The highest BCUT2D eigenvalue weighted by molar-refractivity contribution is 6.09. The molecule has 2 aromatic rings. The molecule has 10 heteroatoms. The Labute approximate surface area is 195 Å². The van der Waals surface area contributed by atoms with E-state index in [1.54, 1.807) is 0 Å². The van der Waals surface area contributed by atoms with Gasteiger partial charge in [-0.25, -0.2) is 13.6 Å². The Morgan fingerprint density at radius 3 is 2.74 bits per heavy atom. The van der Waals surface area contributed by atoms with E-state index < -0.39 is 41.6 Å². The molecule has 2 aliphatic heterocycles. The second-order valence-electron chi connectivity index (χ2n) is 8.49. The lowest BCUT2D eigenvalue weighted by Crippen LogP contribution is -2.43. The standard InChI is InChI=1S/C24H25F2N3O5/c1-4-33-19-8-14-7-13(2)34-20(14)9-15(19)11-27-21(30)12-29-22(31)24(3,28-23(29)32)16-5-6-17(25)18(26)10-16/h5-6,8-10,13H,4,7,11-12H2,1-3H3,(H,27,30)(H,28,32)/t13-,24+/m0/s1. The number of hydrogen-bond donors (Lipinski definition) is 2. The number of carbonyl (C=O) groups is 3. The lowest BCUT2D eigenvalue weighted by Gasteiger charge is -2.22. The number of nitrogens with zero attached hydrogens (tertiary/aromatic N) is 1. The third kappa shape index (κ3) is 4.27. The molecule has 0 radical (unpaired) electrons. The van der Waals surface area contributed by atoms with Crippen molar-refractivity contribution in [1.82, 2.24) is 15.5 Å². The maximum Gasteiger partial charge on any atom is 0.325 e. The highest BCUT2D eigenvalue weighted by Crippen LogP contribution is 2.35. The van der Waals surface area contributed by atoms with Gasteiger partial charge in [0.2, 0.25) is 5.91 Å². The summed E-state index contributed by atoms with van der Waals surface area (Å²) in [5, 5.41) is 5.16. The molecule has 2 heterocycles. The average Bonchev–Trinajstić information content (AvgIpc) is 3.25. The van der Waals surface area contributed by atoms with Gasteiger partial charge in [-0.2, -0.15) is 0 Å². The summed E-state index contributed by atoms with van der Waals surface area (Å²) in [6.45, 7) is 5.21. The monoisotopic (exact) mass is 473 g/mol. The van der Waals surface area contributed by atoms with Crippen LogP contribution in [0.15, 0.2) is 30.3 Å². The predicted molar refractivity (Wildman–Crippen MR) is 117 cm³/mol. The molecule has 1 saturated heterocycles. The lowest BCUT2D eigenvalue weighted by molar-refractivity contribution is -0.134. The fourth-order valence-corrected chi connectivity index (χ4v) is 4.15. The molecular formula is C24H25F2N3O5. The van der Waals surface area contributed by atoms with E-state index in [-0.39, 0.29) is 18.2 Å². The van der Waals surface area contributed by atoms with Crippen LogP contribution < -0.4 is 20.1 Å². The van der Waals surface area contributed by atoms with Gasteiger partial charge in [0.15, 0.2) is 11.6 Å². The van der Waals surface area contributed by atoms with E-state index in [0.717, 1.165) is 34.8 Å². The molecule has 0 aromatic heterocycles. The highest BCUT2D eigenvalue weighted by Gasteiger charge is 2.49. The Morgan fingerprint density at radius 2 is 2.03 bits per heavy atom. The maximum atomic E-state index is 13.7. The molecule has 2 aliphatic rings. The zero-order valence-electron chi connectivity index (χ0n) is 19.0. The van der Waals surface area contributed by atoms with Gasteiger partial charge in [-0.3, -0.25) is 14.5 Å². The summed E-state index contributed by atoms with van der Waals surface area (Å²) in [5.74, 6) is -2.17. The number of urea groups is 1. The first-order valence-corrected chi connectivity index (χ1v) is 10.9. The number of ether oxygens (including phenoxy) is 2. The first kappa shape index (κ1) is 23.5. The molecule has 4 rings (SSSR count). The van der Waals surface area contributed by atoms with Crippen LogP contribution in [0.3, 0.4) is 0 Å². The first-order chi connectivity index (χ1) is 16.1. The van der Waals surface area contributed by atoms with Crippen molar-refractivity contribution in [2.75, 3.05) is 13.2 Å². The summed E-state index contributed by atoms with van der Waals surface area (Å²) >= 11 is 0. The van der Waals surface area contributed by atoms with E-state index in [4.69, 9.17) is 9.47 Å². The number of carbonyl (C=O) groups excluding carboxylic acids is 3. The molecule has 0 aliphatic carbocycles. The molecule has 34 heavy (non-hydrogen) atoms. The summed E-state index contributed by atoms with van der Waals surface area (Å²) < 4.78 is 38.5. The summed E-state index contributed by atoms with van der Waals surface area (Å²) in [4.78, 5) is 38.7. The Balaban J connectivity index is 1.44. The topological polar surface area (TPSA) is 97.0 Å². The molecule has 8 nitrogen and oxygen atoms in total. The largest absolute Gasteiger partial charge is 0.494 e. The quantitative estimate of drug-likeness (QED) is 0.603. The number of amides is 4. The van der Waals surface area contributed by atoms with E-state index in [9.17, 15) is 23.2 Å². The van der Waals surface area contributed by atoms with Crippen molar-refractivity contribution in [2.45, 2.75) is 45.4 Å². The van der Waals surface area contributed by atoms with Gasteiger partial charge in [0.25, 0.3) is 5.91 Å². The molecule has 0 unspecified atom stereocenters. The van der Waals surface area contributed by atoms with Gasteiger partial charge in [-0.1, -0.05) is 6.07 Å². The minimum atomic E-state index is -1.62. The van der Waals surface area contributed by atoms with Crippen LogP contribution >= 0.6 is 0 Å². The summed E-state index contributed by atoms with van der Waals surface area (Å²) in [5.41, 5.74) is 0.178. The highest BCUT2D eigenvalue weighted by atomic mass is 19.2.